The Balaban J connectivity index is 2.33. The van der Waals surface area contributed by atoms with Crippen LogP contribution in [0.3, 0.4) is 0 Å². The molecule has 2 N–H and O–H groups in total. The molecule has 2 atom stereocenters. The van der Waals surface area contributed by atoms with E-state index < -0.39 is 24.8 Å². The average molecular weight is 248 g/mol. The lowest BCUT2D eigenvalue weighted by molar-refractivity contribution is -0.211. The van der Waals surface area contributed by atoms with Gasteiger partial charge in [-0.15, -0.1) is 0 Å². The third-order valence-corrected chi connectivity index (χ3v) is 2.48. The van der Waals surface area contributed by atoms with E-state index in [2.05, 4.69) is 0 Å². The number of alkyl halides is 3. The molecule has 0 spiro atoms. The monoisotopic (exact) mass is 248 g/mol. The largest absolute Gasteiger partial charge is 0.414 e. The van der Waals surface area contributed by atoms with E-state index in [4.69, 9.17) is 5.11 Å². The quantitative estimate of drug-likeness (QED) is 0.839. The van der Waals surface area contributed by atoms with E-state index in [0.29, 0.717) is 6.42 Å². The Kier molecular flexibility index (Phi) is 4.96. The lowest BCUT2D eigenvalue weighted by atomic mass is 10.0. The molecule has 0 heterocycles. The zero-order valence-electron chi connectivity index (χ0n) is 9.19. The van der Waals surface area contributed by atoms with Gasteiger partial charge in [0.25, 0.3) is 0 Å². The summed E-state index contributed by atoms with van der Waals surface area (Å²) >= 11 is 0. The molecule has 96 valence electrons. The average Bonchev–Trinajstić information content (AvgIpc) is 2.26. The van der Waals surface area contributed by atoms with E-state index in [1.807, 2.05) is 30.3 Å². The second-order valence-electron chi connectivity index (χ2n) is 3.97. The van der Waals surface area contributed by atoms with Gasteiger partial charge in [0.2, 0.25) is 0 Å². The maximum Gasteiger partial charge on any atom is 0.414 e. The SMILES string of the molecule is O[C@@H](CCc1ccccc1)C[C@H](O)C(F)(F)F. The van der Waals surface area contributed by atoms with Gasteiger partial charge in [-0.3, -0.25) is 0 Å². The number of benzene rings is 1. The van der Waals surface area contributed by atoms with Crippen LogP contribution in [0.2, 0.25) is 0 Å². The lowest BCUT2D eigenvalue weighted by Gasteiger charge is -2.18. The molecule has 1 aromatic rings. The Hall–Kier alpha value is -1.07. The molecule has 0 radical (unpaired) electrons. The van der Waals surface area contributed by atoms with Crippen LogP contribution in [0.1, 0.15) is 18.4 Å². The fourth-order valence-corrected chi connectivity index (χ4v) is 1.49. The summed E-state index contributed by atoms with van der Waals surface area (Å²) in [6.45, 7) is 0. The van der Waals surface area contributed by atoms with Crippen LogP contribution in [-0.4, -0.2) is 28.6 Å². The van der Waals surface area contributed by atoms with E-state index in [1.54, 1.807) is 0 Å². The second-order valence-corrected chi connectivity index (χ2v) is 3.97. The molecule has 17 heavy (non-hydrogen) atoms. The minimum absolute atomic E-state index is 0.206. The molecule has 0 aliphatic carbocycles. The van der Waals surface area contributed by atoms with Crippen LogP contribution in [0.25, 0.3) is 0 Å². The molecule has 0 aromatic heterocycles. The van der Waals surface area contributed by atoms with Crippen LogP contribution in [0.4, 0.5) is 13.2 Å². The van der Waals surface area contributed by atoms with Crippen LogP contribution in [-0.2, 0) is 6.42 Å². The van der Waals surface area contributed by atoms with Crippen molar-refractivity contribution in [3.8, 4) is 0 Å². The van der Waals surface area contributed by atoms with Gasteiger partial charge in [-0.2, -0.15) is 13.2 Å². The summed E-state index contributed by atoms with van der Waals surface area (Å²) in [6, 6.07) is 9.17. The molecule has 1 rings (SSSR count). The number of hydrogen-bond donors (Lipinski definition) is 2. The van der Waals surface area contributed by atoms with Crippen molar-refractivity contribution < 1.29 is 23.4 Å². The molecule has 0 unspecified atom stereocenters. The third kappa shape index (κ3) is 5.19. The molecule has 0 saturated carbocycles. The predicted molar refractivity (Wildman–Crippen MR) is 57.4 cm³/mol. The highest BCUT2D eigenvalue weighted by Crippen LogP contribution is 2.24. The van der Waals surface area contributed by atoms with Gasteiger partial charge in [0.15, 0.2) is 6.10 Å². The molecular weight excluding hydrogens is 233 g/mol. The Morgan fingerprint density at radius 2 is 1.65 bits per heavy atom. The number of aliphatic hydroxyl groups is 2. The predicted octanol–water partition coefficient (Wildman–Crippen LogP) is 2.29. The lowest BCUT2D eigenvalue weighted by Crippen LogP contribution is -2.32. The molecule has 1 aromatic carbocycles. The van der Waals surface area contributed by atoms with Gasteiger partial charge < -0.3 is 10.2 Å². The molecule has 0 saturated heterocycles. The van der Waals surface area contributed by atoms with Crippen molar-refractivity contribution in [1.29, 1.82) is 0 Å². The van der Waals surface area contributed by atoms with Gasteiger partial charge in [0, 0.05) is 6.42 Å². The molecular formula is C12H15F3O2. The number of aliphatic hydroxyl groups excluding tert-OH is 2. The van der Waals surface area contributed by atoms with Crippen molar-refractivity contribution in [2.24, 2.45) is 0 Å². The van der Waals surface area contributed by atoms with Gasteiger partial charge in [0.05, 0.1) is 6.10 Å². The van der Waals surface area contributed by atoms with E-state index >= 15 is 0 Å². The summed E-state index contributed by atoms with van der Waals surface area (Å²) in [7, 11) is 0. The Morgan fingerprint density at radius 1 is 1.06 bits per heavy atom. The molecule has 0 aliphatic heterocycles. The van der Waals surface area contributed by atoms with Gasteiger partial charge in [-0.25, -0.2) is 0 Å². The van der Waals surface area contributed by atoms with E-state index in [9.17, 15) is 18.3 Å². The summed E-state index contributed by atoms with van der Waals surface area (Å²) in [5.41, 5.74) is 0.952. The second kappa shape index (κ2) is 6.02. The molecule has 2 nitrogen and oxygen atoms in total. The Labute approximate surface area is 97.7 Å². The number of hydrogen-bond acceptors (Lipinski definition) is 2. The van der Waals surface area contributed by atoms with Crippen LogP contribution >= 0.6 is 0 Å². The Morgan fingerprint density at radius 3 is 2.18 bits per heavy atom. The number of rotatable bonds is 5. The normalized spacial score (nSPS) is 15.6. The standard InChI is InChI=1S/C12H15F3O2/c13-12(14,15)11(17)8-10(16)7-6-9-4-2-1-3-5-9/h1-5,10-11,16-17H,6-8H2/t10-,11-/m0/s1. The zero-order valence-corrected chi connectivity index (χ0v) is 9.19. The third-order valence-electron chi connectivity index (χ3n) is 2.48. The van der Waals surface area contributed by atoms with Crippen LogP contribution in [0.15, 0.2) is 30.3 Å². The van der Waals surface area contributed by atoms with Crippen molar-refractivity contribution in [3.63, 3.8) is 0 Å². The molecule has 0 bridgehead atoms. The van der Waals surface area contributed by atoms with Gasteiger partial charge in [-0.1, -0.05) is 30.3 Å². The summed E-state index contributed by atoms with van der Waals surface area (Å²) in [6.07, 6.45) is -8.23. The summed E-state index contributed by atoms with van der Waals surface area (Å²) in [4.78, 5) is 0. The van der Waals surface area contributed by atoms with Crippen molar-refractivity contribution in [3.05, 3.63) is 35.9 Å². The topological polar surface area (TPSA) is 40.5 Å². The number of halogens is 3. The first-order valence-electron chi connectivity index (χ1n) is 5.36. The van der Waals surface area contributed by atoms with E-state index in [0.717, 1.165) is 5.56 Å². The smallest absolute Gasteiger partial charge is 0.393 e. The number of aryl methyl sites for hydroxylation is 1. The highest BCUT2D eigenvalue weighted by atomic mass is 19.4. The van der Waals surface area contributed by atoms with Crippen molar-refractivity contribution >= 4 is 0 Å². The summed E-state index contributed by atoms with van der Waals surface area (Å²) in [5, 5.41) is 18.2. The van der Waals surface area contributed by atoms with Crippen LogP contribution < -0.4 is 0 Å². The van der Waals surface area contributed by atoms with Crippen molar-refractivity contribution in [2.45, 2.75) is 37.6 Å². The van der Waals surface area contributed by atoms with Crippen molar-refractivity contribution in [2.75, 3.05) is 0 Å². The van der Waals surface area contributed by atoms with Gasteiger partial charge in [0.1, 0.15) is 0 Å². The van der Waals surface area contributed by atoms with Crippen LogP contribution in [0.5, 0.6) is 0 Å². The van der Waals surface area contributed by atoms with Gasteiger partial charge in [-0.05, 0) is 18.4 Å². The zero-order chi connectivity index (χ0) is 12.9. The highest BCUT2D eigenvalue weighted by Gasteiger charge is 2.39. The minimum Gasteiger partial charge on any atom is -0.393 e. The fourth-order valence-electron chi connectivity index (χ4n) is 1.49. The molecule has 0 amide bonds. The van der Waals surface area contributed by atoms with E-state index in [-0.39, 0.29) is 6.42 Å². The maximum absolute atomic E-state index is 12.0. The minimum atomic E-state index is -4.66. The summed E-state index contributed by atoms with van der Waals surface area (Å²) in [5.74, 6) is 0. The highest BCUT2D eigenvalue weighted by molar-refractivity contribution is 5.14. The fraction of sp³-hybridized carbons (Fsp3) is 0.500. The molecule has 5 heteroatoms. The summed E-state index contributed by atoms with van der Waals surface area (Å²) < 4.78 is 36.0. The van der Waals surface area contributed by atoms with E-state index in [1.165, 1.54) is 0 Å². The maximum atomic E-state index is 12.0. The van der Waals surface area contributed by atoms with Crippen LogP contribution in [0, 0.1) is 0 Å². The first-order valence-corrected chi connectivity index (χ1v) is 5.36. The molecule has 0 aliphatic rings. The van der Waals surface area contributed by atoms with Gasteiger partial charge >= 0.3 is 6.18 Å². The first kappa shape index (κ1) is 14.0. The Bertz CT molecular complexity index is 324. The molecule has 0 fully saturated rings. The first-order chi connectivity index (χ1) is 7.89. The van der Waals surface area contributed by atoms with Crippen molar-refractivity contribution in [1.82, 2.24) is 0 Å².